The minimum Gasteiger partial charge on any atom is -0.455 e. The van der Waals surface area contributed by atoms with Gasteiger partial charge in [0.15, 0.2) is 23.7 Å². The molecule has 0 aromatic heterocycles. The maximum Gasteiger partial charge on any atom is 0.220 e. The van der Waals surface area contributed by atoms with Gasteiger partial charge in [-0.3, -0.25) is 4.79 Å². The summed E-state index contributed by atoms with van der Waals surface area (Å²) in [6, 6.07) is 0. The largest absolute Gasteiger partial charge is 0.455 e. The SMILES string of the molecule is Cc1c(F)c(F)c(F)c(OC(CCCCCCCCCCC(=O)NCCOCCC(NCCCNC(CCCCOC2CCC(O)C(CO)O2)=C2CCC2)=C2CCC2)=C2CCC2)c1F. The van der Waals surface area contributed by atoms with Crippen molar-refractivity contribution in [2.45, 2.75) is 192 Å². The van der Waals surface area contributed by atoms with Gasteiger partial charge < -0.3 is 45.1 Å². The van der Waals surface area contributed by atoms with Crippen molar-refractivity contribution in [1.29, 1.82) is 0 Å². The second kappa shape index (κ2) is 28.8. The molecule has 3 saturated carbocycles. The fourth-order valence-corrected chi connectivity index (χ4v) is 8.54. The smallest absolute Gasteiger partial charge is 0.220 e. The van der Waals surface area contributed by atoms with Crippen LogP contribution in [0.4, 0.5) is 17.6 Å². The fourth-order valence-electron chi connectivity index (χ4n) is 8.54. The van der Waals surface area contributed by atoms with Gasteiger partial charge in [-0.05, 0) is 115 Å². The third-order valence-electron chi connectivity index (χ3n) is 13.2. The van der Waals surface area contributed by atoms with Gasteiger partial charge in [0, 0.05) is 68.9 Å². The van der Waals surface area contributed by atoms with E-state index in [1.807, 2.05) is 0 Å². The van der Waals surface area contributed by atoms with Crippen molar-refractivity contribution in [3.63, 3.8) is 0 Å². The van der Waals surface area contributed by atoms with Gasteiger partial charge in [0.25, 0.3) is 0 Å². The number of ether oxygens (including phenoxy) is 4. The van der Waals surface area contributed by atoms with Gasteiger partial charge in [0.1, 0.15) is 11.9 Å². The number of nitrogens with one attached hydrogen (secondary N) is 3. The average Bonchev–Trinajstić information content (AvgIpc) is 3.23. The number of carbonyl (C=O) groups excluding carboxylic acids is 1. The van der Waals surface area contributed by atoms with Crippen LogP contribution < -0.4 is 20.7 Å². The highest BCUT2D eigenvalue weighted by Gasteiger charge is 2.30. The summed E-state index contributed by atoms with van der Waals surface area (Å²) in [5.74, 6) is -6.39. The number of unbranched alkanes of at least 4 members (excludes halogenated alkanes) is 8. The highest BCUT2D eigenvalue weighted by atomic mass is 19.2. The molecular weight excluding hydrogens is 831 g/mol. The molecule has 5 rings (SSSR count). The quantitative estimate of drug-likeness (QED) is 0.0158. The van der Waals surface area contributed by atoms with Crippen molar-refractivity contribution in [3.8, 4) is 5.75 Å². The first kappa shape index (κ1) is 51.8. The van der Waals surface area contributed by atoms with Gasteiger partial charge >= 0.3 is 0 Å². The summed E-state index contributed by atoms with van der Waals surface area (Å²) >= 11 is 0. The maximum absolute atomic E-state index is 14.6. The van der Waals surface area contributed by atoms with E-state index in [0.717, 1.165) is 141 Å². The number of hydrogen-bond donors (Lipinski definition) is 5. The summed E-state index contributed by atoms with van der Waals surface area (Å²) < 4.78 is 79.7. The van der Waals surface area contributed by atoms with Gasteiger partial charge in [-0.1, -0.05) is 49.7 Å². The average molecular weight is 908 g/mol. The predicted molar refractivity (Wildman–Crippen MR) is 240 cm³/mol. The molecule has 1 aliphatic heterocycles. The second-order valence-electron chi connectivity index (χ2n) is 18.1. The minimum absolute atomic E-state index is 0.0581. The Labute approximate surface area is 379 Å². The summed E-state index contributed by atoms with van der Waals surface area (Å²) in [7, 11) is 0. The Morgan fingerprint density at radius 2 is 1.22 bits per heavy atom. The summed E-state index contributed by atoms with van der Waals surface area (Å²) in [5.41, 5.74) is 6.20. The lowest BCUT2D eigenvalue weighted by Crippen LogP contribution is -2.42. The zero-order chi connectivity index (χ0) is 45.5. The molecule has 1 heterocycles. The van der Waals surface area contributed by atoms with E-state index < -0.39 is 46.8 Å². The van der Waals surface area contributed by atoms with Crippen LogP contribution in [0.1, 0.15) is 173 Å². The van der Waals surface area contributed by atoms with Crippen molar-refractivity contribution in [1.82, 2.24) is 16.0 Å². The molecule has 3 aliphatic carbocycles. The molecule has 0 bridgehead atoms. The number of allylic oxidation sites excluding steroid dienone is 5. The van der Waals surface area contributed by atoms with E-state index in [1.54, 1.807) is 5.57 Å². The van der Waals surface area contributed by atoms with Crippen molar-refractivity contribution in [3.05, 3.63) is 62.7 Å². The van der Waals surface area contributed by atoms with Crippen molar-refractivity contribution >= 4 is 5.91 Å². The first-order valence-corrected chi connectivity index (χ1v) is 24.7. The Kier molecular flexibility index (Phi) is 23.3. The number of benzene rings is 1. The molecule has 3 atom stereocenters. The molecule has 0 spiro atoms. The van der Waals surface area contributed by atoms with E-state index in [1.165, 1.54) is 42.7 Å². The van der Waals surface area contributed by atoms with Crippen molar-refractivity contribution in [2.75, 3.05) is 46.1 Å². The number of rotatable bonds is 32. The van der Waals surface area contributed by atoms with Crippen LogP contribution in [0.3, 0.4) is 0 Å². The molecule has 0 radical (unpaired) electrons. The molecule has 1 amide bonds. The zero-order valence-corrected chi connectivity index (χ0v) is 38.5. The summed E-state index contributed by atoms with van der Waals surface area (Å²) in [6.07, 6.45) is 23.1. The van der Waals surface area contributed by atoms with Crippen LogP contribution in [0.25, 0.3) is 0 Å². The summed E-state index contributed by atoms with van der Waals surface area (Å²) in [5, 5.41) is 29.7. The van der Waals surface area contributed by atoms with Gasteiger partial charge in [-0.15, -0.1) is 0 Å². The van der Waals surface area contributed by atoms with Crippen LogP contribution in [0, 0.1) is 30.2 Å². The molecule has 1 aromatic rings. The molecule has 4 fully saturated rings. The normalized spacial score (nSPS) is 19.4. The molecular formula is C50H77F4N3O7. The van der Waals surface area contributed by atoms with E-state index in [2.05, 4.69) is 16.0 Å². The predicted octanol–water partition coefficient (Wildman–Crippen LogP) is 10.3. The van der Waals surface area contributed by atoms with Gasteiger partial charge in [0.2, 0.25) is 17.5 Å². The molecule has 4 aliphatic rings. The highest BCUT2D eigenvalue weighted by molar-refractivity contribution is 5.75. The van der Waals surface area contributed by atoms with E-state index >= 15 is 0 Å². The topological polar surface area (TPSA) is 131 Å². The Hall–Kier alpha value is -3.17. The molecule has 1 saturated heterocycles. The second-order valence-corrected chi connectivity index (χ2v) is 18.1. The van der Waals surface area contributed by atoms with Crippen LogP contribution >= 0.6 is 0 Å². The lowest BCUT2D eigenvalue weighted by atomic mass is 9.89. The van der Waals surface area contributed by atoms with Crippen molar-refractivity contribution < 1.29 is 51.5 Å². The Morgan fingerprint density at radius 3 is 1.83 bits per heavy atom. The first-order valence-electron chi connectivity index (χ1n) is 24.7. The third-order valence-corrected chi connectivity index (χ3v) is 13.2. The lowest BCUT2D eigenvalue weighted by molar-refractivity contribution is -0.229. The number of aliphatic hydroxyl groups is 2. The molecule has 10 nitrogen and oxygen atoms in total. The molecule has 5 N–H and O–H groups in total. The highest BCUT2D eigenvalue weighted by Crippen LogP contribution is 2.37. The number of amides is 1. The molecule has 64 heavy (non-hydrogen) atoms. The van der Waals surface area contributed by atoms with Crippen LogP contribution in [0.15, 0.2) is 33.9 Å². The standard InChI is InChI=1S/C50H77F4N3O7/c1-35-46(51)48(53)49(54)50(47(35)52)64-42(38-20-14-21-38)23-8-6-4-2-3-5-7-9-24-44(60)57-30-33-61-32-27-40(37-18-13-19-37)56-29-15-28-55-39(36-16-12-17-36)22-10-11-31-62-45-26-25-41(59)43(34-58)63-45/h41,43,45,55-56,58-59H,2-34H2,1H3,(H,57,60). The lowest BCUT2D eigenvalue weighted by Gasteiger charge is -2.32. The van der Waals surface area contributed by atoms with Gasteiger partial charge in [-0.2, -0.15) is 4.39 Å². The Bertz CT molecular complexity index is 1660. The fraction of sp³-hybridized carbons (Fsp3) is 0.740. The number of carbonyl (C=O) groups is 1. The zero-order valence-electron chi connectivity index (χ0n) is 38.5. The van der Waals surface area contributed by atoms with Crippen LogP contribution in [0.2, 0.25) is 0 Å². The molecule has 3 unspecified atom stereocenters. The van der Waals surface area contributed by atoms with Gasteiger partial charge in [-0.25, -0.2) is 13.2 Å². The van der Waals surface area contributed by atoms with E-state index in [4.69, 9.17) is 18.9 Å². The van der Waals surface area contributed by atoms with E-state index in [-0.39, 0.29) is 18.8 Å². The van der Waals surface area contributed by atoms with E-state index in [0.29, 0.717) is 57.8 Å². The monoisotopic (exact) mass is 908 g/mol. The van der Waals surface area contributed by atoms with Crippen LogP contribution in [-0.4, -0.2) is 80.7 Å². The number of aliphatic hydroxyl groups excluding tert-OH is 2. The van der Waals surface area contributed by atoms with Crippen molar-refractivity contribution in [2.24, 2.45) is 0 Å². The summed E-state index contributed by atoms with van der Waals surface area (Å²) in [4.78, 5) is 12.4. The van der Waals surface area contributed by atoms with Crippen LogP contribution in [-0.2, 0) is 19.0 Å². The maximum atomic E-state index is 14.6. The molecule has 14 heteroatoms. The number of hydrogen-bond acceptors (Lipinski definition) is 9. The molecule has 362 valence electrons. The van der Waals surface area contributed by atoms with E-state index in [9.17, 15) is 32.6 Å². The van der Waals surface area contributed by atoms with Gasteiger partial charge in [0.05, 0.1) is 25.9 Å². The van der Waals surface area contributed by atoms with Crippen LogP contribution in [0.5, 0.6) is 5.75 Å². The number of halogens is 4. The Morgan fingerprint density at radius 1 is 0.625 bits per heavy atom. The third kappa shape index (κ3) is 16.9. The first-order chi connectivity index (χ1) is 31.2. The molecule has 1 aromatic carbocycles. The Balaban J connectivity index is 0.831. The minimum atomic E-state index is -1.72. The summed E-state index contributed by atoms with van der Waals surface area (Å²) in [6.45, 7) is 4.96.